The summed E-state index contributed by atoms with van der Waals surface area (Å²) in [6, 6.07) is 5.79. The number of benzene rings is 1. The van der Waals surface area contributed by atoms with Gasteiger partial charge in [0, 0.05) is 31.9 Å². The van der Waals surface area contributed by atoms with Crippen molar-refractivity contribution in [1.82, 2.24) is 9.80 Å². The topological polar surface area (TPSA) is 79.0 Å². The first-order valence-electron chi connectivity index (χ1n) is 8.47. The van der Waals surface area contributed by atoms with Crippen LogP contribution in [0.4, 0.5) is 10.5 Å². The summed E-state index contributed by atoms with van der Waals surface area (Å²) in [6.45, 7) is 7.60. The van der Waals surface area contributed by atoms with Crippen LogP contribution in [0.2, 0.25) is 0 Å². The Labute approximate surface area is 147 Å². The lowest BCUT2D eigenvalue weighted by Crippen LogP contribution is -2.51. The Morgan fingerprint density at radius 2 is 1.72 bits per heavy atom. The third kappa shape index (κ3) is 5.20. The van der Waals surface area contributed by atoms with Gasteiger partial charge in [0.2, 0.25) is 11.8 Å². The Morgan fingerprint density at radius 1 is 1.08 bits per heavy atom. The van der Waals surface area contributed by atoms with Gasteiger partial charge in [0.25, 0.3) is 0 Å². The van der Waals surface area contributed by atoms with Gasteiger partial charge in [0.15, 0.2) is 0 Å². The number of carbonyl (C=O) groups is 3. The highest BCUT2D eigenvalue weighted by atomic mass is 16.6. The van der Waals surface area contributed by atoms with E-state index in [1.165, 1.54) is 0 Å². The van der Waals surface area contributed by atoms with Crippen molar-refractivity contribution in [2.75, 3.05) is 38.1 Å². The second kappa shape index (κ2) is 8.50. The number of ether oxygens (including phenoxy) is 1. The summed E-state index contributed by atoms with van der Waals surface area (Å²) in [5.74, 6) is -0.558. The molecule has 1 heterocycles. The van der Waals surface area contributed by atoms with E-state index in [9.17, 15) is 14.4 Å². The second-order valence-electron chi connectivity index (χ2n) is 6.11. The Bertz CT molecular complexity index is 652. The fourth-order valence-electron chi connectivity index (χ4n) is 2.67. The third-order valence-corrected chi connectivity index (χ3v) is 4.14. The van der Waals surface area contributed by atoms with Crippen LogP contribution in [0, 0.1) is 13.8 Å². The van der Waals surface area contributed by atoms with Crippen molar-refractivity contribution in [2.45, 2.75) is 27.2 Å². The number of piperazine rings is 1. The van der Waals surface area contributed by atoms with Gasteiger partial charge in [-0.1, -0.05) is 12.1 Å². The molecule has 1 aliphatic heterocycles. The summed E-state index contributed by atoms with van der Waals surface area (Å²) in [6.07, 6.45) is -0.561. The van der Waals surface area contributed by atoms with Crippen LogP contribution >= 0.6 is 0 Å². The molecule has 0 saturated carbocycles. The molecule has 0 radical (unpaired) electrons. The largest absolute Gasteiger partial charge is 0.450 e. The van der Waals surface area contributed by atoms with E-state index < -0.39 is 0 Å². The molecule has 1 aromatic carbocycles. The number of nitrogens with zero attached hydrogens (tertiary/aromatic N) is 2. The fraction of sp³-hybridized carbons (Fsp3) is 0.500. The standard InChI is InChI=1S/C18H25N3O4/c1-4-25-18(24)21-9-7-20(8-10-21)17(23)12-16(22)19-15-11-13(2)5-6-14(15)3/h5-6,11H,4,7-10,12H2,1-3H3,(H,19,22). The summed E-state index contributed by atoms with van der Waals surface area (Å²) in [4.78, 5) is 39.3. The molecule has 25 heavy (non-hydrogen) atoms. The lowest BCUT2D eigenvalue weighted by Gasteiger charge is -2.34. The minimum absolute atomic E-state index is 0.202. The zero-order valence-electron chi connectivity index (χ0n) is 15.0. The summed E-state index contributed by atoms with van der Waals surface area (Å²) in [7, 11) is 0. The van der Waals surface area contributed by atoms with Gasteiger partial charge in [-0.05, 0) is 38.0 Å². The molecule has 7 heteroatoms. The molecule has 0 spiro atoms. The molecule has 1 fully saturated rings. The van der Waals surface area contributed by atoms with E-state index >= 15 is 0 Å². The zero-order chi connectivity index (χ0) is 18.4. The molecule has 0 atom stereocenters. The van der Waals surface area contributed by atoms with Crippen molar-refractivity contribution < 1.29 is 19.1 Å². The van der Waals surface area contributed by atoms with Crippen molar-refractivity contribution in [3.63, 3.8) is 0 Å². The molecule has 1 N–H and O–H groups in total. The van der Waals surface area contributed by atoms with Gasteiger partial charge in [-0.15, -0.1) is 0 Å². The van der Waals surface area contributed by atoms with E-state index in [1.807, 2.05) is 32.0 Å². The van der Waals surface area contributed by atoms with Crippen molar-refractivity contribution >= 4 is 23.6 Å². The van der Waals surface area contributed by atoms with Crippen LogP contribution in [0.5, 0.6) is 0 Å². The summed E-state index contributed by atoms with van der Waals surface area (Å²) >= 11 is 0. The van der Waals surface area contributed by atoms with E-state index in [0.29, 0.717) is 32.8 Å². The molecule has 0 aliphatic carbocycles. The van der Waals surface area contributed by atoms with Gasteiger partial charge in [-0.2, -0.15) is 0 Å². The number of rotatable bonds is 4. The van der Waals surface area contributed by atoms with Crippen LogP contribution in [-0.4, -0.2) is 60.5 Å². The van der Waals surface area contributed by atoms with Crippen LogP contribution in [0.25, 0.3) is 0 Å². The first kappa shape index (κ1) is 18.8. The van der Waals surface area contributed by atoms with Crippen LogP contribution in [0.3, 0.4) is 0 Å². The molecule has 136 valence electrons. The highest BCUT2D eigenvalue weighted by molar-refractivity contribution is 6.03. The molecule has 1 aromatic rings. The molecule has 3 amide bonds. The molecule has 2 rings (SSSR count). The molecule has 1 aliphatic rings. The fourth-order valence-corrected chi connectivity index (χ4v) is 2.67. The van der Waals surface area contributed by atoms with E-state index in [2.05, 4.69) is 5.32 Å². The Hall–Kier alpha value is -2.57. The molecule has 7 nitrogen and oxygen atoms in total. The number of carbonyl (C=O) groups excluding carboxylic acids is 3. The molecule has 0 aromatic heterocycles. The maximum atomic E-state index is 12.3. The first-order chi connectivity index (χ1) is 11.9. The molecule has 0 bridgehead atoms. The number of anilines is 1. The van der Waals surface area contributed by atoms with E-state index in [4.69, 9.17) is 4.74 Å². The van der Waals surface area contributed by atoms with Crippen molar-refractivity contribution in [3.05, 3.63) is 29.3 Å². The molecular weight excluding hydrogens is 322 g/mol. The molecule has 0 unspecified atom stereocenters. The van der Waals surface area contributed by atoms with Crippen molar-refractivity contribution in [3.8, 4) is 0 Å². The highest BCUT2D eigenvalue weighted by Gasteiger charge is 2.25. The number of hydrogen-bond donors (Lipinski definition) is 1. The minimum Gasteiger partial charge on any atom is -0.450 e. The Kier molecular flexibility index (Phi) is 6.38. The van der Waals surface area contributed by atoms with Gasteiger partial charge >= 0.3 is 6.09 Å². The monoisotopic (exact) mass is 347 g/mol. The van der Waals surface area contributed by atoms with E-state index in [-0.39, 0.29) is 24.3 Å². The normalized spacial score (nSPS) is 14.2. The maximum absolute atomic E-state index is 12.3. The van der Waals surface area contributed by atoms with Gasteiger partial charge in [-0.3, -0.25) is 9.59 Å². The predicted octanol–water partition coefficient (Wildman–Crippen LogP) is 1.93. The highest BCUT2D eigenvalue weighted by Crippen LogP contribution is 2.16. The molecule has 1 saturated heterocycles. The van der Waals surface area contributed by atoms with E-state index in [0.717, 1.165) is 16.8 Å². The number of amides is 3. The lowest BCUT2D eigenvalue weighted by atomic mass is 10.1. The van der Waals surface area contributed by atoms with Crippen LogP contribution in [0.1, 0.15) is 24.5 Å². The quantitative estimate of drug-likeness (QED) is 0.844. The first-order valence-corrected chi connectivity index (χ1v) is 8.47. The minimum atomic E-state index is -0.359. The average molecular weight is 347 g/mol. The molecular formula is C18H25N3O4. The average Bonchev–Trinajstić information content (AvgIpc) is 2.58. The van der Waals surface area contributed by atoms with Crippen molar-refractivity contribution in [1.29, 1.82) is 0 Å². The Morgan fingerprint density at radius 3 is 2.36 bits per heavy atom. The zero-order valence-corrected chi connectivity index (χ0v) is 15.0. The van der Waals surface area contributed by atoms with Crippen LogP contribution in [0.15, 0.2) is 18.2 Å². The number of aryl methyl sites for hydroxylation is 2. The summed E-state index contributed by atoms with van der Waals surface area (Å²) in [5.41, 5.74) is 2.72. The Balaban J connectivity index is 1.83. The maximum Gasteiger partial charge on any atom is 0.409 e. The van der Waals surface area contributed by atoms with Gasteiger partial charge in [0.1, 0.15) is 6.42 Å². The summed E-state index contributed by atoms with van der Waals surface area (Å²) in [5, 5.41) is 2.79. The van der Waals surface area contributed by atoms with Crippen molar-refractivity contribution in [2.24, 2.45) is 0 Å². The van der Waals surface area contributed by atoms with Crippen LogP contribution in [-0.2, 0) is 14.3 Å². The predicted molar refractivity (Wildman–Crippen MR) is 94.3 cm³/mol. The third-order valence-electron chi connectivity index (χ3n) is 4.14. The lowest BCUT2D eigenvalue weighted by molar-refractivity contribution is -0.135. The van der Waals surface area contributed by atoms with Gasteiger partial charge < -0.3 is 19.9 Å². The van der Waals surface area contributed by atoms with E-state index in [1.54, 1.807) is 16.7 Å². The second-order valence-corrected chi connectivity index (χ2v) is 6.11. The van der Waals surface area contributed by atoms with Crippen LogP contribution < -0.4 is 5.32 Å². The van der Waals surface area contributed by atoms with Gasteiger partial charge in [0.05, 0.1) is 6.61 Å². The van der Waals surface area contributed by atoms with Gasteiger partial charge in [-0.25, -0.2) is 4.79 Å². The SMILES string of the molecule is CCOC(=O)N1CCN(C(=O)CC(=O)Nc2cc(C)ccc2C)CC1. The number of nitrogens with one attached hydrogen (secondary N) is 1. The number of hydrogen-bond acceptors (Lipinski definition) is 4. The summed E-state index contributed by atoms with van der Waals surface area (Å²) < 4.78 is 4.95. The smallest absolute Gasteiger partial charge is 0.409 e.